The molecule has 0 saturated carbocycles. The van der Waals surface area contributed by atoms with Gasteiger partial charge in [-0.15, -0.1) is 24.0 Å². The molecule has 1 aromatic heterocycles. The third-order valence-corrected chi connectivity index (χ3v) is 3.63. The van der Waals surface area contributed by atoms with Crippen LogP contribution in [0.25, 0.3) is 10.9 Å². The number of aromatic amines is 1. The van der Waals surface area contributed by atoms with Crippen molar-refractivity contribution in [2.24, 2.45) is 4.99 Å². The van der Waals surface area contributed by atoms with Crippen molar-refractivity contribution in [3.05, 3.63) is 35.8 Å². The highest BCUT2D eigenvalue weighted by Gasteiger charge is 2.06. The molecule has 1 aromatic carbocycles. The summed E-state index contributed by atoms with van der Waals surface area (Å²) in [5.41, 5.74) is 1.90. The van der Waals surface area contributed by atoms with Crippen molar-refractivity contribution >= 4 is 46.7 Å². The minimum atomic E-state index is -0.250. The van der Waals surface area contributed by atoms with Gasteiger partial charge in [0.15, 0.2) is 5.96 Å². The fraction of sp³-hybridized carbons (Fsp3) is 0.412. The number of aromatic nitrogens is 1. The van der Waals surface area contributed by atoms with Crippen LogP contribution in [0, 0.1) is 5.82 Å². The number of hydrogen-bond acceptors (Lipinski definition) is 2. The molecule has 2 aromatic rings. The van der Waals surface area contributed by atoms with E-state index >= 15 is 0 Å². The zero-order valence-corrected chi connectivity index (χ0v) is 16.8. The second-order valence-corrected chi connectivity index (χ2v) is 5.46. The van der Waals surface area contributed by atoms with Gasteiger partial charge in [0.1, 0.15) is 5.82 Å². The molecule has 2 rings (SSSR count). The number of H-pyrrole nitrogens is 1. The Labute approximate surface area is 164 Å². The lowest BCUT2D eigenvalue weighted by Gasteiger charge is -2.11. The SMILES string of the molecule is CCCNC(=O)CNC(=NC)NCCc1c[nH]c2cc(F)ccc12.I. The van der Waals surface area contributed by atoms with Crippen LogP contribution >= 0.6 is 24.0 Å². The van der Waals surface area contributed by atoms with Gasteiger partial charge in [0, 0.05) is 37.2 Å². The average Bonchev–Trinajstić information content (AvgIpc) is 2.98. The molecule has 0 bridgehead atoms. The van der Waals surface area contributed by atoms with Gasteiger partial charge in [0.25, 0.3) is 0 Å². The van der Waals surface area contributed by atoms with Gasteiger partial charge in [-0.05, 0) is 36.6 Å². The van der Waals surface area contributed by atoms with E-state index in [9.17, 15) is 9.18 Å². The van der Waals surface area contributed by atoms with Crippen LogP contribution in [-0.4, -0.2) is 43.5 Å². The molecule has 1 heterocycles. The van der Waals surface area contributed by atoms with Crippen molar-refractivity contribution in [3.8, 4) is 0 Å². The normalized spacial score (nSPS) is 11.1. The minimum Gasteiger partial charge on any atom is -0.361 e. The second kappa shape index (κ2) is 10.9. The Morgan fingerprint density at radius 1 is 1.24 bits per heavy atom. The number of nitrogens with zero attached hydrogens (tertiary/aromatic N) is 1. The number of fused-ring (bicyclic) bond motifs is 1. The Balaban J connectivity index is 0.00000312. The number of nitrogens with one attached hydrogen (secondary N) is 4. The summed E-state index contributed by atoms with van der Waals surface area (Å²) >= 11 is 0. The minimum absolute atomic E-state index is 0. The van der Waals surface area contributed by atoms with Gasteiger partial charge in [-0.3, -0.25) is 9.79 Å². The van der Waals surface area contributed by atoms with Gasteiger partial charge in [0.2, 0.25) is 5.91 Å². The Bertz CT molecular complexity index is 716. The average molecular weight is 461 g/mol. The van der Waals surface area contributed by atoms with Crippen LogP contribution in [0.5, 0.6) is 0 Å². The van der Waals surface area contributed by atoms with E-state index in [-0.39, 0.29) is 42.2 Å². The summed E-state index contributed by atoms with van der Waals surface area (Å²) in [6, 6.07) is 4.73. The lowest BCUT2D eigenvalue weighted by Crippen LogP contribution is -2.43. The molecular weight excluding hydrogens is 436 g/mol. The van der Waals surface area contributed by atoms with Gasteiger partial charge in [-0.1, -0.05) is 6.92 Å². The number of hydrogen-bond donors (Lipinski definition) is 4. The van der Waals surface area contributed by atoms with Crippen LogP contribution in [0.3, 0.4) is 0 Å². The Morgan fingerprint density at radius 3 is 2.76 bits per heavy atom. The quantitative estimate of drug-likeness (QED) is 0.290. The number of guanidine groups is 1. The van der Waals surface area contributed by atoms with Gasteiger partial charge >= 0.3 is 0 Å². The fourth-order valence-electron chi connectivity index (χ4n) is 2.39. The van der Waals surface area contributed by atoms with E-state index in [1.807, 2.05) is 13.1 Å². The van der Waals surface area contributed by atoms with Crippen molar-refractivity contribution in [2.45, 2.75) is 19.8 Å². The zero-order chi connectivity index (χ0) is 17.4. The lowest BCUT2D eigenvalue weighted by atomic mass is 10.1. The molecule has 0 radical (unpaired) electrons. The summed E-state index contributed by atoms with van der Waals surface area (Å²) < 4.78 is 13.2. The molecule has 0 fully saturated rings. The number of carbonyl (C=O) groups excluding carboxylic acids is 1. The first-order valence-electron chi connectivity index (χ1n) is 8.10. The first kappa shape index (κ1) is 21.2. The summed E-state index contributed by atoms with van der Waals surface area (Å²) in [5, 5.41) is 9.95. The first-order valence-corrected chi connectivity index (χ1v) is 8.10. The van der Waals surface area contributed by atoms with Crippen molar-refractivity contribution in [1.29, 1.82) is 0 Å². The van der Waals surface area contributed by atoms with Crippen LogP contribution in [-0.2, 0) is 11.2 Å². The second-order valence-electron chi connectivity index (χ2n) is 5.46. The van der Waals surface area contributed by atoms with Gasteiger partial charge < -0.3 is 20.9 Å². The standard InChI is InChI=1S/C17H24FN5O.HI/c1-3-7-20-16(24)11-23-17(19-2)21-8-6-12-10-22-15-9-13(18)4-5-14(12)15;/h4-5,9-10,22H,3,6-8,11H2,1-2H3,(H,20,24)(H2,19,21,23);1H. The van der Waals surface area contributed by atoms with E-state index in [0.717, 1.165) is 29.3 Å². The summed E-state index contributed by atoms with van der Waals surface area (Å²) in [4.78, 5) is 18.7. The molecule has 138 valence electrons. The molecule has 8 heteroatoms. The van der Waals surface area contributed by atoms with E-state index in [4.69, 9.17) is 0 Å². The van der Waals surface area contributed by atoms with Crippen molar-refractivity contribution < 1.29 is 9.18 Å². The van der Waals surface area contributed by atoms with E-state index < -0.39 is 0 Å². The Morgan fingerprint density at radius 2 is 2.04 bits per heavy atom. The van der Waals surface area contributed by atoms with Gasteiger partial charge in [0.05, 0.1) is 6.54 Å². The number of halogens is 2. The summed E-state index contributed by atoms with van der Waals surface area (Å²) in [6.07, 6.45) is 3.56. The van der Waals surface area contributed by atoms with Crippen molar-refractivity contribution in [2.75, 3.05) is 26.7 Å². The largest absolute Gasteiger partial charge is 0.361 e. The maximum absolute atomic E-state index is 13.2. The van der Waals surface area contributed by atoms with E-state index in [1.165, 1.54) is 12.1 Å². The van der Waals surface area contributed by atoms with Crippen LogP contribution in [0.4, 0.5) is 4.39 Å². The predicted molar refractivity (Wildman–Crippen MR) is 110 cm³/mol. The molecule has 0 saturated heterocycles. The highest BCUT2D eigenvalue weighted by Crippen LogP contribution is 2.19. The van der Waals surface area contributed by atoms with E-state index in [0.29, 0.717) is 19.0 Å². The molecule has 0 atom stereocenters. The molecule has 0 aliphatic carbocycles. The smallest absolute Gasteiger partial charge is 0.239 e. The summed E-state index contributed by atoms with van der Waals surface area (Å²) in [6.45, 7) is 3.52. The number of benzene rings is 1. The van der Waals surface area contributed by atoms with E-state index in [1.54, 1.807) is 13.1 Å². The molecule has 0 unspecified atom stereocenters. The topological polar surface area (TPSA) is 81.3 Å². The number of carbonyl (C=O) groups is 1. The number of aliphatic imine (C=N–C) groups is 1. The zero-order valence-electron chi connectivity index (χ0n) is 14.5. The summed E-state index contributed by atoms with van der Waals surface area (Å²) in [7, 11) is 1.66. The third-order valence-electron chi connectivity index (χ3n) is 3.63. The number of rotatable bonds is 7. The molecule has 25 heavy (non-hydrogen) atoms. The molecule has 6 nitrogen and oxygen atoms in total. The van der Waals surface area contributed by atoms with Crippen LogP contribution in [0.1, 0.15) is 18.9 Å². The fourth-order valence-corrected chi connectivity index (χ4v) is 2.39. The van der Waals surface area contributed by atoms with E-state index in [2.05, 4.69) is 25.9 Å². The highest BCUT2D eigenvalue weighted by molar-refractivity contribution is 14.0. The lowest BCUT2D eigenvalue weighted by molar-refractivity contribution is -0.120. The van der Waals surface area contributed by atoms with Crippen LogP contribution < -0.4 is 16.0 Å². The van der Waals surface area contributed by atoms with Gasteiger partial charge in [-0.2, -0.15) is 0 Å². The first-order chi connectivity index (χ1) is 11.6. The van der Waals surface area contributed by atoms with Crippen LogP contribution in [0.2, 0.25) is 0 Å². The third kappa shape index (κ3) is 6.52. The van der Waals surface area contributed by atoms with Crippen LogP contribution in [0.15, 0.2) is 29.4 Å². The molecule has 4 N–H and O–H groups in total. The Hall–Kier alpha value is -1.84. The Kier molecular flexibility index (Phi) is 9.25. The molecule has 1 amide bonds. The molecule has 0 aliphatic rings. The molecule has 0 aliphatic heterocycles. The maximum atomic E-state index is 13.2. The molecular formula is C17H25FIN5O. The molecule has 0 spiro atoms. The highest BCUT2D eigenvalue weighted by atomic mass is 127. The van der Waals surface area contributed by atoms with Gasteiger partial charge in [-0.25, -0.2) is 4.39 Å². The van der Waals surface area contributed by atoms with Crippen molar-refractivity contribution in [1.82, 2.24) is 20.9 Å². The predicted octanol–water partition coefficient (Wildman–Crippen LogP) is 2.16. The summed E-state index contributed by atoms with van der Waals surface area (Å²) in [5.74, 6) is 0.269. The maximum Gasteiger partial charge on any atom is 0.239 e. The van der Waals surface area contributed by atoms with Crippen molar-refractivity contribution in [3.63, 3.8) is 0 Å². The number of amides is 1. The monoisotopic (exact) mass is 461 g/mol.